The number of benzene rings is 2. The van der Waals surface area contributed by atoms with Gasteiger partial charge in [-0.1, -0.05) is 30.3 Å². The highest BCUT2D eigenvalue weighted by Gasteiger charge is 2.11. The van der Waals surface area contributed by atoms with E-state index >= 15 is 0 Å². The zero-order valence-corrected chi connectivity index (χ0v) is 15.7. The Kier molecular flexibility index (Phi) is 5.24. The van der Waals surface area contributed by atoms with E-state index < -0.39 is 0 Å². The van der Waals surface area contributed by atoms with Crippen molar-refractivity contribution in [1.29, 1.82) is 0 Å². The molecule has 0 spiro atoms. The fraction of sp³-hybridized carbons (Fsp3) is 0.0952. The van der Waals surface area contributed by atoms with E-state index in [1.54, 1.807) is 23.1 Å². The van der Waals surface area contributed by atoms with Crippen LogP contribution in [0.5, 0.6) is 0 Å². The van der Waals surface area contributed by atoms with Crippen LogP contribution in [-0.2, 0) is 0 Å². The summed E-state index contributed by atoms with van der Waals surface area (Å²) in [6.45, 7) is 2.03. The standard InChI is InChI=1S/C21H19N7O/c1-15(16-7-9-18(10-8-16)28-14-22-13-23-28)24-20-12-11-19(26-27-20)21(29)25-17-5-3-2-4-6-17/h2-15H,1H3,(H,24,27)(H,25,29). The van der Waals surface area contributed by atoms with E-state index in [4.69, 9.17) is 0 Å². The van der Waals surface area contributed by atoms with Gasteiger partial charge in [-0.15, -0.1) is 10.2 Å². The first-order valence-corrected chi connectivity index (χ1v) is 9.11. The summed E-state index contributed by atoms with van der Waals surface area (Å²) in [5.74, 6) is 0.293. The fourth-order valence-electron chi connectivity index (χ4n) is 2.81. The third-order valence-electron chi connectivity index (χ3n) is 4.37. The summed E-state index contributed by atoms with van der Waals surface area (Å²) < 4.78 is 1.70. The number of hydrogen-bond acceptors (Lipinski definition) is 6. The highest BCUT2D eigenvalue weighted by atomic mass is 16.1. The summed E-state index contributed by atoms with van der Waals surface area (Å²) >= 11 is 0. The van der Waals surface area contributed by atoms with Gasteiger partial charge in [0, 0.05) is 5.69 Å². The maximum absolute atomic E-state index is 12.3. The largest absolute Gasteiger partial charge is 0.362 e. The molecule has 4 aromatic rings. The van der Waals surface area contributed by atoms with E-state index in [0.29, 0.717) is 11.5 Å². The first kappa shape index (κ1) is 18.3. The fourth-order valence-corrected chi connectivity index (χ4v) is 2.81. The average Bonchev–Trinajstić information content (AvgIpc) is 3.30. The Morgan fingerprint density at radius 1 is 0.966 bits per heavy atom. The van der Waals surface area contributed by atoms with E-state index in [1.165, 1.54) is 6.33 Å². The van der Waals surface area contributed by atoms with Crippen LogP contribution in [0.2, 0.25) is 0 Å². The van der Waals surface area contributed by atoms with Crippen LogP contribution < -0.4 is 10.6 Å². The van der Waals surface area contributed by atoms with Gasteiger partial charge >= 0.3 is 0 Å². The molecule has 29 heavy (non-hydrogen) atoms. The summed E-state index contributed by atoms with van der Waals surface area (Å²) in [6.07, 6.45) is 3.16. The number of aromatic nitrogens is 5. The molecule has 0 aliphatic heterocycles. The summed E-state index contributed by atoms with van der Waals surface area (Å²) in [5.41, 5.74) is 2.99. The summed E-state index contributed by atoms with van der Waals surface area (Å²) in [4.78, 5) is 16.2. The number of carbonyl (C=O) groups excluding carboxylic acids is 1. The molecule has 2 aromatic heterocycles. The first-order valence-electron chi connectivity index (χ1n) is 9.11. The highest BCUT2D eigenvalue weighted by molar-refractivity contribution is 6.02. The summed E-state index contributed by atoms with van der Waals surface area (Å²) in [5, 5.41) is 18.3. The van der Waals surface area contributed by atoms with Gasteiger partial charge in [0.1, 0.15) is 18.5 Å². The van der Waals surface area contributed by atoms with Crippen LogP contribution in [0.1, 0.15) is 29.0 Å². The van der Waals surface area contributed by atoms with Crippen molar-refractivity contribution in [2.45, 2.75) is 13.0 Å². The minimum absolute atomic E-state index is 0.0121. The molecular formula is C21H19N7O. The number of carbonyl (C=O) groups is 1. The van der Waals surface area contributed by atoms with Gasteiger partial charge < -0.3 is 10.6 Å². The molecule has 0 radical (unpaired) electrons. The monoisotopic (exact) mass is 385 g/mol. The lowest BCUT2D eigenvalue weighted by Gasteiger charge is -2.15. The highest BCUT2D eigenvalue weighted by Crippen LogP contribution is 2.19. The topological polar surface area (TPSA) is 97.6 Å². The molecule has 0 saturated heterocycles. The van der Waals surface area contributed by atoms with Crippen molar-refractivity contribution in [3.05, 3.63) is 90.6 Å². The third kappa shape index (κ3) is 4.44. The van der Waals surface area contributed by atoms with Crippen molar-refractivity contribution in [1.82, 2.24) is 25.0 Å². The number of anilines is 2. The molecule has 8 nitrogen and oxygen atoms in total. The lowest BCUT2D eigenvalue weighted by Crippen LogP contribution is -2.15. The van der Waals surface area contributed by atoms with Crippen LogP contribution >= 0.6 is 0 Å². The van der Waals surface area contributed by atoms with E-state index in [-0.39, 0.29) is 17.6 Å². The third-order valence-corrected chi connectivity index (χ3v) is 4.37. The van der Waals surface area contributed by atoms with Gasteiger partial charge in [-0.3, -0.25) is 4.79 Å². The number of nitrogens with one attached hydrogen (secondary N) is 2. The Hall–Kier alpha value is -4.07. The maximum Gasteiger partial charge on any atom is 0.276 e. The molecule has 1 unspecified atom stereocenters. The summed E-state index contributed by atoms with van der Waals surface area (Å²) in [7, 11) is 0. The van der Waals surface area contributed by atoms with Crippen LogP contribution in [0.15, 0.2) is 79.4 Å². The molecule has 0 aliphatic rings. The lowest BCUT2D eigenvalue weighted by atomic mass is 10.1. The van der Waals surface area contributed by atoms with E-state index in [0.717, 1.165) is 11.3 Å². The predicted octanol–water partition coefficient (Wildman–Crippen LogP) is 3.48. The van der Waals surface area contributed by atoms with Crippen molar-refractivity contribution in [2.24, 2.45) is 0 Å². The van der Waals surface area contributed by atoms with Crippen LogP contribution in [0, 0.1) is 0 Å². The minimum atomic E-state index is -0.299. The molecule has 1 amide bonds. The normalized spacial score (nSPS) is 11.6. The van der Waals surface area contributed by atoms with Crippen LogP contribution in [0.25, 0.3) is 5.69 Å². The number of hydrogen-bond donors (Lipinski definition) is 2. The van der Waals surface area contributed by atoms with Gasteiger partial charge in [0.25, 0.3) is 5.91 Å². The van der Waals surface area contributed by atoms with Gasteiger partial charge in [0.2, 0.25) is 0 Å². The van der Waals surface area contributed by atoms with Gasteiger partial charge in [-0.25, -0.2) is 9.67 Å². The van der Waals surface area contributed by atoms with Gasteiger partial charge in [0.15, 0.2) is 5.69 Å². The molecule has 0 aliphatic carbocycles. The number of rotatable bonds is 6. The molecule has 2 N–H and O–H groups in total. The van der Waals surface area contributed by atoms with Gasteiger partial charge in [-0.2, -0.15) is 5.10 Å². The molecule has 0 bridgehead atoms. The predicted molar refractivity (Wildman–Crippen MR) is 110 cm³/mol. The molecule has 1 atom stereocenters. The van der Waals surface area contributed by atoms with Crippen molar-refractivity contribution in [3.8, 4) is 5.69 Å². The van der Waals surface area contributed by atoms with E-state index in [9.17, 15) is 4.79 Å². The SMILES string of the molecule is CC(Nc1ccc(C(=O)Nc2ccccc2)nn1)c1ccc(-n2cncn2)cc1. The molecule has 2 aromatic carbocycles. The van der Waals surface area contributed by atoms with Crippen LogP contribution in [0.4, 0.5) is 11.5 Å². The molecule has 8 heteroatoms. The second-order valence-corrected chi connectivity index (χ2v) is 6.42. The van der Waals surface area contributed by atoms with Gasteiger partial charge in [-0.05, 0) is 48.9 Å². The second-order valence-electron chi connectivity index (χ2n) is 6.42. The number of amides is 1. The zero-order valence-electron chi connectivity index (χ0n) is 15.7. The average molecular weight is 385 g/mol. The van der Waals surface area contributed by atoms with Gasteiger partial charge in [0.05, 0.1) is 11.7 Å². The molecule has 2 heterocycles. The van der Waals surface area contributed by atoms with Crippen molar-refractivity contribution in [3.63, 3.8) is 0 Å². The number of para-hydroxylation sites is 1. The van der Waals surface area contributed by atoms with E-state index in [1.807, 2.05) is 61.5 Å². The molecular weight excluding hydrogens is 366 g/mol. The van der Waals surface area contributed by atoms with Crippen LogP contribution in [-0.4, -0.2) is 30.9 Å². The maximum atomic E-state index is 12.3. The van der Waals surface area contributed by atoms with Crippen molar-refractivity contribution >= 4 is 17.4 Å². The minimum Gasteiger partial charge on any atom is -0.362 e. The Morgan fingerprint density at radius 3 is 2.41 bits per heavy atom. The Labute approximate surface area is 167 Å². The zero-order chi connectivity index (χ0) is 20.1. The second kappa shape index (κ2) is 8.30. The van der Waals surface area contributed by atoms with E-state index in [2.05, 4.69) is 30.9 Å². The Balaban J connectivity index is 1.38. The molecule has 144 valence electrons. The quantitative estimate of drug-likeness (QED) is 0.527. The smallest absolute Gasteiger partial charge is 0.276 e. The number of nitrogens with zero attached hydrogens (tertiary/aromatic N) is 5. The van der Waals surface area contributed by atoms with Crippen molar-refractivity contribution < 1.29 is 4.79 Å². The Bertz CT molecular complexity index is 1060. The van der Waals surface area contributed by atoms with Crippen LogP contribution in [0.3, 0.4) is 0 Å². The first-order chi connectivity index (χ1) is 14.2. The molecule has 4 rings (SSSR count). The Morgan fingerprint density at radius 2 is 1.76 bits per heavy atom. The molecule has 0 saturated carbocycles. The summed E-state index contributed by atoms with van der Waals surface area (Å²) in [6, 6.07) is 20.6. The lowest BCUT2D eigenvalue weighted by molar-refractivity contribution is 0.102. The van der Waals surface area contributed by atoms with Crippen molar-refractivity contribution in [2.75, 3.05) is 10.6 Å². The molecule has 0 fully saturated rings.